The van der Waals surface area contributed by atoms with Crippen molar-refractivity contribution in [1.29, 1.82) is 0 Å². The molecule has 1 aromatic rings. The highest BCUT2D eigenvalue weighted by Gasteiger charge is 2.17. The second-order valence-electron chi connectivity index (χ2n) is 6.76. The van der Waals surface area contributed by atoms with Gasteiger partial charge in [0.25, 0.3) is 0 Å². The van der Waals surface area contributed by atoms with Crippen LogP contribution in [0, 0.1) is 0 Å². The van der Waals surface area contributed by atoms with Crippen LogP contribution in [0.1, 0.15) is 11.1 Å². The molecule has 0 radical (unpaired) electrons. The molecule has 0 unspecified atom stereocenters. The minimum Gasteiger partial charge on any atom is -0.305 e. The van der Waals surface area contributed by atoms with Gasteiger partial charge >= 0.3 is 0 Å². The van der Waals surface area contributed by atoms with Crippen LogP contribution >= 0.6 is 0 Å². The fourth-order valence-corrected chi connectivity index (χ4v) is 3.35. The third-order valence-electron chi connectivity index (χ3n) is 2.92. The Morgan fingerprint density at radius 2 is 1.17 bits per heavy atom. The predicted molar refractivity (Wildman–Crippen MR) is 84.2 cm³/mol. The van der Waals surface area contributed by atoms with Crippen LogP contribution in [0.2, 0.25) is 19.6 Å². The lowest BCUT2D eigenvalue weighted by Gasteiger charge is -2.21. The van der Waals surface area contributed by atoms with Crippen molar-refractivity contribution in [1.82, 2.24) is 9.80 Å². The van der Waals surface area contributed by atoms with Crippen molar-refractivity contribution in [2.24, 2.45) is 0 Å². The zero-order chi connectivity index (χ0) is 13.9. The highest BCUT2D eigenvalue weighted by atomic mass is 28.3. The Labute approximate surface area is 114 Å². The van der Waals surface area contributed by atoms with Crippen LogP contribution < -0.4 is 5.19 Å². The van der Waals surface area contributed by atoms with E-state index in [1.165, 1.54) is 11.1 Å². The lowest BCUT2D eigenvalue weighted by molar-refractivity contribution is 0.396. The van der Waals surface area contributed by atoms with E-state index in [0.29, 0.717) is 0 Å². The van der Waals surface area contributed by atoms with Gasteiger partial charge in [-0.2, -0.15) is 0 Å². The summed E-state index contributed by atoms with van der Waals surface area (Å²) in [6.45, 7) is 9.31. The Bertz CT molecular complexity index is 364. The molecule has 0 spiro atoms. The maximum atomic E-state index is 2.42. The van der Waals surface area contributed by atoms with Gasteiger partial charge in [0.15, 0.2) is 0 Å². The molecule has 0 aliphatic carbocycles. The first kappa shape index (κ1) is 15.4. The summed E-state index contributed by atoms with van der Waals surface area (Å²) in [5.41, 5.74) is 2.88. The van der Waals surface area contributed by atoms with Crippen molar-refractivity contribution < 1.29 is 0 Å². The topological polar surface area (TPSA) is 6.48 Å². The summed E-state index contributed by atoms with van der Waals surface area (Å²) in [5.74, 6) is 0. The summed E-state index contributed by atoms with van der Waals surface area (Å²) >= 11 is 0. The zero-order valence-electron chi connectivity index (χ0n) is 13.0. The molecular weight excluding hydrogens is 236 g/mol. The Morgan fingerprint density at radius 1 is 0.778 bits per heavy atom. The predicted octanol–water partition coefficient (Wildman–Crippen LogP) is 2.36. The van der Waals surface area contributed by atoms with Crippen LogP contribution in [0.4, 0.5) is 0 Å². The fraction of sp³-hybridized carbons (Fsp3) is 0.600. The van der Waals surface area contributed by atoms with Crippen LogP contribution in [0.15, 0.2) is 18.2 Å². The molecule has 0 saturated heterocycles. The maximum Gasteiger partial charge on any atom is 0.0776 e. The minimum absolute atomic E-state index is 1.03. The summed E-state index contributed by atoms with van der Waals surface area (Å²) < 4.78 is 0. The molecule has 1 aromatic carbocycles. The third kappa shape index (κ3) is 4.92. The first-order chi connectivity index (χ1) is 8.18. The van der Waals surface area contributed by atoms with Gasteiger partial charge in [-0.3, -0.25) is 0 Å². The van der Waals surface area contributed by atoms with E-state index in [2.05, 4.69) is 75.8 Å². The van der Waals surface area contributed by atoms with E-state index in [4.69, 9.17) is 0 Å². The van der Waals surface area contributed by atoms with Gasteiger partial charge in [0.1, 0.15) is 0 Å². The Hall–Kier alpha value is -0.643. The van der Waals surface area contributed by atoms with Gasteiger partial charge in [-0.25, -0.2) is 0 Å². The van der Waals surface area contributed by atoms with E-state index in [0.717, 1.165) is 13.1 Å². The minimum atomic E-state index is -1.24. The number of hydrogen-bond acceptors (Lipinski definition) is 2. The van der Waals surface area contributed by atoms with E-state index in [1.54, 1.807) is 5.19 Å². The lowest BCUT2D eigenvalue weighted by atomic mass is 10.1. The molecule has 0 saturated carbocycles. The normalized spacial score (nSPS) is 12.5. The molecule has 2 nitrogen and oxygen atoms in total. The lowest BCUT2D eigenvalue weighted by Crippen LogP contribution is -2.38. The third-order valence-corrected chi connectivity index (χ3v) is 4.94. The number of benzene rings is 1. The molecule has 0 heterocycles. The molecule has 1 rings (SSSR count). The summed E-state index contributed by atoms with van der Waals surface area (Å²) in [6, 6.07) is 7.17. The van der Waals surface area contributed by atoms with Gasteiger partial charge in [0.05, 0.1) is 8.07 Å². The second-order valence-corrected chi connectivity index (χ2v) is 11.8. The van der Waals surface area contributed by atoms with Gasteiger partial charge in [-0.05, 0) is 39.3 Å². The van der Waals surface area contributed by atoms with Crippen molar-refractivity contribution in [3.63, 3.8) is 0 Å². The van der Waals surface area contributed by atoms with Gasteiger partial charge in [0.2, 0.25) is 0 Å². The quantitative estimate of drug-likeness (QED) is 0.753. The van der Waals surface area contributed by atoms with E-state index in [9.17, 15) is 0 Å². The average Bonchev–Trinajstić information content (AvgIpc) is 2.13. The molecule has 0 amide bonds. The van der Waals surface area contributed by atoms with Gasteiger partial charge in [-0.15, -0.1) is 0 Å². The van der Waals surface area contributed by atoms with Gasteiger partial charge in [0, 0.05) is 13.1 Å². The highest BCUT2D eigenvalue weighted by Crippen LogP contribution is 2.11. The molecule has 0 aromatic heterocycles. The van der Waals surface area contributed by atoms with Crippen molar-refractivity contribution in [3.05, 3.63) is 29.3 Å². The van der Waals surface area contributed by atoms with Gasteiger partial charge < -0.3 is 9.80 Å². The SMILES string of the molecule is CN(C)Cc1cc(CN(C)C)cc([Si](C)(C)C)c1. The molecule has 18 heavy (non-hydrogen) atoms. The second kappa shape index (κ2) is 6.00. The van der Waals surface area contributed by atoms with E-state index in [1.807, 2.05) is 0 Å². The Morgan fingerprint density at radius 3 is 1.44 bits per heavy atom. The molecule has 0 aliphatic heterocycles. The summed E-state index contributed by atoms with van der Waals surface area (Å²) in [6.07, 6.45) is 0. The van der Waals surface area contributed by atoms with Crippen molar-refractivity contribution >= 4 is 13.3 Å². The molecule has 0 fully saturated rings. The zero-order valence-corrected chi connectivity index (χ0v) is 14.0. The van der Waals surface area contributed by atoms with E-state index < -0.39 is 8.07 Å². The van der Waals surface area contributed by atoms with Crippen LogP contribution in [0.25, 0.3) is 0 Å². The molecule has 0 bridgehead atoms. The van der Waals surface area contributed by atoms with Crippen LogP contribution in [0.3, 0.4) is 0 Å². The highest BCUT2D eigenvalue weighted by molar-refractivity contribution is 6.88. The molecule has 0 aliphatic rings. The monoisotopic (exact) mass is 264 g/mol. The molecule has 102 valence electrons. The van der Waals surface area contributed by atoms with Crippen molar-refractivity contribution in [2.75, 3.05) is 28.2 Å². The summed E-state index contributed by atoms with van der Waals surface area (Å²) in [4.78, 5) is 4.48. The number of hydrogen-bond donors (Lipinski definition) is 0. The number of rotatable bonds is 5. The van der Waals surface area contributed by atoms with Crippen LogP contribution in [0.5, 0.6) is 0 Å². The summed E-state index contributed by atoms with van der Waals surface area (Å²) in [5, 5.41) is 1.57. The summed E-state index contributed by atoms with van der Waals surface area (Å²) in [7, 11) is 7.29. The van der Waals surface area contributed by atoms with E-state index >= 15 is 0 Å². The first-order valence-corrected chi connectivity index (χ1v) is 10.1. The smallest absolute Gasteiger partial charge is 0.0776 e. The van der Waals surface area contributed by atoms with Crippen molar-refractivity contribution in [3.8, 4) is 0 Å². The Kier molecular flexibility index (Phi) is 5.14. The average molecular weight is 264 g/mol. The number of nitrogens with zero attached hydrogens (tertiary/aromatic N) is 2. The standard InChI is InChI=1S/C15H28N2Si/c1-16(2)11-13-8-14(12-17(3)4)10-15(9-13)18(5,6)7/h8-10H,11-12H2,1-7H3. The largest absolute Gasteiger partial charge is 0.305 e. The van der Waals surface area contributed by atoms with E-state index in [-0.39, 0.29) is 0 Å². The first-order valence-electron chi connectivity index (χ1n) is 6.61. The Balaban J connectivity index is 3.11. The molecule has 0 N–H and O–H groups in total. The fourth-order valence-electron chi connectivity index (χ4n) is 2.11. The molecular formula is C15H28N2Si. The van der Waals surface area contributed by atoms with Crippen LogP contribution in [-0.2, 0) is 13.1 Å². The van der Waals surface area contributed by atoms with Crippen molar-refractivity contribution in [2.45, 2.75) is 32.7 Å². The molecule has 0 atom stereocenters. The van der Waals surface area contributed by atoms with Crippen LogP contribution in [-0.4, -0.2) is 46.1 Å². The van der Waals surface area contributed by atoms with Gasteiger partial charge in [-0.1, -0.05) is 43.0 Å². The molecule has 3 heteroatoms. The maximum absolute atomic E-state index is 2.42.